The molecule has 3 aromatic rings. The summed E-state index contributed by atoms with van der Waals surface area (Å²) in [6.45, 7) is 0. The molecule has 1 N–H and O–H groups in total. The Morgan fingerprint density at radius 2 is 2.10 bits per heavy atom. The molecule has 3 aromatic heterocycles. The minimum Gasteiger partial charge on any atom is -0.275 e. The van der Waals surface area contributed by atoms with E-state index in [9.17, 15) is 8.42 Å². The summed E-state index contributed by atoms with van der Waals surface area (Å²) in [5.74, 6) is 0.377. The first-order valence-corrected chi connectivity index (χ1v) is 8.33. The number of nitrogens with one attached hydrogen (secondary N) is 1. The SMILES string of the molecule is O=S(=O)(Nc1cccnc1-n1cccn1)c1cnc(Cl)s1. The first-order chi connectivity index (χ1) is 10.1. The van der Waals surface area contributed by atoms with Gasteiger partial charge in [-0.25, -0.2) is 23.1 Å². The summed E-state index contributed by atoms with van der Waals surface area (Å²) < 4.78 is 28.7. The van der Waals surface area contributed by atoms with Gasteiger partial charge in [0.05, 0.1) is 11.9 Å². The highest BCUT2D eigenvalue weighted by Gasteiger charge is 2.20. The van der Waals surface area contributed by atoms with Gasteiger partial charge >= 0.3 is 0 Å². The minimum absolute atomic E-state index is 0.0303. The Bertz CT molecular complexity index is 860. The number of rotatable bonds is 4. The third kappa shape index (κ3) is 2.89. The number of hydrogen-bond donors (Lipinski definition) is 1. The van der Waals surface area contributed by atoms with Crippen molar-refractivity contribution in [1.82, 2.24) is 19.7 Å². The largest absolute Gasteiger partial charge is 0.275 e. The second-order valence-corrected chi connectivity index (χ2v) is 7.38. The Labute approximate surface area is 129 Å². The van der Waals surface area contributed by atoms with Crippen LogP contribution in [0, 0.1) is 0 Å². The Morgan fingerprint density at radius 1 is 1.24 bits per heavy atom. The molecule has 0 amide bonds. The van der Waals surface area contributed by atoms with Crippen LogP contribution in [-0.4, -0.2) is 28.2 Å². The molecule has 0 radical (unpaired) electrons. The molecule has 7 nitrogen and oxygen atoms in total. The molecule has 0 aliphatic carbocycles. The summed E-state index contributed by atoms with van der Waals surface area (Å²) in [7, 11) is -3.77. The lowest BCUT2D eigenvalue weighted by Crippen LogP contribution is -2.14. The lowest BCUT2D eigenvalue weighted by Gasteiger charge is -2.10. The van der Waals surface area contributed by atoms with Crippen LogP contribution in [0.4, 0.5) is 5.69 Å². The second kappa shape index (κ2) is 5.43. The van der Waals surface area contributed by atoms with E-state index in [1.807, 2.05) is 0 Å². The lowest BCUT2D eigenvalue weighted by atomic mass is 10.4. The van der Waals surface area contributed by atoms with Crippen LogP contribution >= 0.6 is 22.9 Å². The molecule has 0 saturated carbocycles. The number of pyridine rings is 1. The molecule has 3 heterocycles. The molecule has 0 saturated heterocycles. The summed E-state index contributed by atoms with van der Waals surface area (Å²) in [6, 6.07) is 4.95. The van der Waals surface area contributed by atoms with E-state index in [0.717, 1.165) is 11.3 Å². The van der Waals surface area contributed by atoms with E-state index >= 15 is 0 Å². The van der Waals surface area contributed by atoms with Crippen LogP contribution in [0.15, 0.2) is 47.2 Å². The first kappa shape index (κ1) is 14.0. The van der Waals surface area contributed by atoms with Gasteiger partial charge in [-0.3, -0.25) is 4.72 Å². The molecule has 0 aliphatic rings. The van der Waals surface area contributed by atoms with E-state index in [1.54, 1.807) is 36.8 Å². The smallest absolute Gasteiger partial charge is 0.273 e. The number of thiazole rings is 1. The van der Waals surface area contributed by atoms with Crippen LogP contribution in [0.1, 0.15) is 0 Å². The molecule has 0 aliphatic heterocycles. The molecule has 108 valence electrons. The third-order valence-corrected chi connectivity index (χ3v) is 5.42. The third-order valence-electron chi connectivity index (χ3n) is 2.47. The van der Waals surface area contributed by atoms with Crippen molar-refractivity contribution in [3.8, 4) is 5.82 Å². The zero-order valence-corrected chi connectivity index (χ0v) is 12.7. The van der Waals surface area contributed by atoms with Gasteiger partial charge in [-0.2, -0.15) is 5.10 Å². The van der Waals surface area contributed by atoms with Crippen molar-refractivity contribution >= 4 is 38.6 Å². The molecule has 0 bridgehead atoms. The van der Waals surface area contributed by atoms with Crippen LogP contribution in [0.25, 0.3) is 5.82 Å². The highest BCUT2D eigenvalue weighted by Crippen LogP contribution is 2.26. The van der Waals surface area contributed by atoms with Gasteiger partial charge in [0.2, 0.25) is 0 Å². The van der Waals surface area contributed by atoms with Crippen molar-refractivity contribution in [3.05, 3.63) is 47.5 Å². The van der Waals surface area contributed by atoms with Crippen molar-refractivity contribution in [2.75, 3.05) is 4.72 Å². The summed E-state index contributed by atoms with van der Waals surface area (Å²) in [6.07, 6.45) is 6.01. The summed E-state index contributed by atoms with van der Waals surface area (Å²) in [4.78, 5) is 7.87. The van der Waals surface area contributed by atoms with E-state index in [2.05, 4.69) is 19.8 Å². The van der Waals surface area contributed by atoms with Gasteiger partial charge in [0.1, 0.15) is 0 Å². The summed E-state index contributed by atoms with van der Waals surface area (Å²) >= 11 is 6.55. The molecule has 10 heteroatoms. The number of aromatic nitrogens is 4. The van der Waals surface area contributed by atoms with Gasteiger partial charge in [0.25, 0.3) is 10.0 Å². The molecule has 3 rings (SSSR count). The van der Waals surface area contributed by atoms with Crippen molar-refractivity contribution in [2.45, 2.75) is 4.21 Å². The van der Waals surface area contributed by atoms with Crippen LogP contribution in [0.5, 0.6) is 0 Å². The maximum absolute atomic E-state index is 12.3. The number of nitrogens with zero attached hydrogens (tertiary/aromatic N) is 4. The molecule has 0 spiro atoms. The topological polar surface area (TPSA) is 89.8 Å². The average Bonchev–Trinajstić information content (AvgIpc) is 3.10. The van der Waals surface area contributed by atoms with E-state index in [0.29, 0.717) is 11.5 Å². The van der Waals surface area contributed by atoms with Gasteiger partial charge in [0, 0.05) is 18.6 Å². The predicted molar refractivity (Wildman–Crippen MR) is 79.3 cm³/mol. The first-order valence-electron chi connectivity index (χ1n) is 5.65. The highest BCUT2D eigenvalue weighted by atomic mass is 35.5. The van der Waals surface area contributed by atoms with Gasteiger partial charge in [-0.15, -0.1) is 0 Å². The standard InChI is InChI=1S/C11H8ClN5O2S2/c12-11-14-7-9(20-11)21(18,19)16-8-3-1-4-13-10(8)17-6-2-5-15-17/h1-7,16H. The Morgan fingerprint density at radius 3 is 2.76 bits per heavy atom. The van der Waals surface area contributed by atoms with Crippen molar-refractivity contribution in [1.29, 1.82) is 0 Å². The van der Waals surface area contributed by atoms with Crippen LogP contribution < -0.4 is 4.72 Å². The predicted octanol–water partition coefficient (Wildman–Crippen LogP) is 2.18. The van der Waals surface area contributed by atoms with Gasteiger partial charge in [0.15, 0.2) is 14.5 Å². The number of anilines is 1. The number of sulfonamides is 1. The molecule has 21 heavy (non-hydrogen) atoms. The molecule has 0 atom stereocenters. The molecular weight excluding hydrogens is 334 g/mol. The van der Waals surface area contributed by atoms with E-state index in [-0.39, 0.29) is 8.68 Å². The monoisotopic (exact) mass is 341 g/mol. The van der Waals surface area contributed by atoms with Crippen LogP contribution in [0.2, 0.25) is 4.47 Å². The molecule has 0 aromatic carbocycles. The van der Waals surface area contributed by atoms with Crippen molar-refractivity contribution < 1.29 is 8.42 Å². The Balaban J connectivity index is 1.99. The van der Waals surface area contributed by atoms with E-state index in [1.165, 1.54) is 10.9 Å². The van der Waals surface area contributed by atoms with Crippen LogP contribution in [0.3, 0.4) is 0 Å². The van der Waals surface area contributed by atoms with Crippen LogP contribution in [-0.2, 0) is 10.0 Å². The fraction of sp³-hybridized carbons (Fsp3) is 0. The van der Waals surface area contributed by atoms with E-state index in [4.69, 9.17) is 11.6 Å². The van der Waals surface area contributed by atoms with Crippen molar-refractivity contribution in [2.24, 2.45) is 0 Å². The fourth-order valence-corrected chi connectivity index (χ4v) is 3.97. The quantitative estimate of drug-likeness (QED) is 0.785. The van der Waals surface area contributed by atoms with Crippen molar-refractivity contribution in [3.63, 3.8) is 0 Å². The molecular formula is C11H8ClN5O2S2. The highest BCUT2D eigenvalue weighted by molar-refractivity contribution is 7.94. The van der Waals surface area contributed by atoms with Gasteiger partial charge in [-0.05, 0) is 18.2 Å². The Kier molecular flexibility index (Phi) is 3.62. The zero-order valence-electron chi connectivity index (χ0n) is 10.3. The van der Waals surface area contributed by atoms with Gasteiger partial charge in [-0.1, -0.05) is 22.9 Å². The number of hydrogen-bond acceptors (Lipinski definition) is 6. The van der Waals surface area contributed by atoms with Gasteiger partial charge < -0.3 is 0 Å². The van der Waals surface area contributed by atoms with E-state index < -0.39 is 10.0 Å². The lowest BCUT2D eigenvalue weighted by molar-refractivity contribution is 0.603. The molecule has 0 fully saturated rings. The summed E-state index contributed by atoms with van der Waals surface area (Å²) in [5.41, 5.74) is 0.311. The average molecular weight is 342 g/mol. The zero-order chi connectivity index (χ0) is 14.9. The minimum atomic E-state index is -3.77. The second-order valence-electron chi connectivity index (χ2n) is 3.86. The molecule has 0 unspecified atom stereocenters. The number of halogens is 1. The Hall–Kier alpha value is -1.97. The summed E-state index contributed by atoms with van der Waals surface area (Å²) in [5, 5.41) is 4.04. The maximum Gasteiger partial charge on any atom is 0.273 e. The fourth-order valence-electron chi connectivity index (χ4n) is 1.61. The maximum atomic E-state index is 12.3. The normalized spacial score (nSPS) is 11.5.